The van der Waals surface area contributed by atoms with Crippen LogP contribution in [0.5, 0.6) is 0 Å². The van der Waals surface area contributed by atoms with Gasteiger partial charge in [-0.05, 0) is 64.3 Å². The second-order valence-corrected chi connectivity index (χ2v) is 15.6. The number of ether oxygens (including phenoxy) is 3. The first-order valence-electron chi connectivity index (χ1n) is 16.9. The predicted molar refractivity (Wildman–Crippen MR) is 179 cm³/mol. The lowest BCUT2D eigenvalue weighted by Gasteiger charge is -2.47. The van der Waals surface area contributed by atoms with E-state index in [1.54, 1.807) is 41.7 Å². The van der Waals surface area contributed by atoms with Crippen molar-refractivity contribution >= 4 is 23.2 Å². The molecule has 0 bridgehead atoms. The number of aliphatic hydroxyl groups excluding tert-OH is 3. The molecule has 1 aromatic rings. The second-order valence-electron chi connectivity index (χ2n) is 14.6. The maximum atomic E-state index is 13.4. The number of nitroso groups, excluding NO2 is 1. The number of hydrogen-bond acceptors (Lipinski definition) is 13. The van der Waals surface area contributed by atoms with E-state index in [1.165, 1.54) is 37.0 Å². The summed E-state index contributed by atoms with van der Waals surface area (Å²) in [5, 5.41) is 63.0. The molecule has 48 heavy (non-hydrogen) atoms. The standard InChI is InChI=1S/C34H56N2O11S/c1-10-24-34(8,43)29(40)19(4)26(35-44)17(2)16-33(7,42)30(20(5)27(38)21(6)31(41)46-24)47-32-28(39)23(14-18(3)45-32)36(9)25(37)15-22-12-11-13-48-22/h11-13,17-21,23-24,26-30,32,38-40,42-43H,10,14-16H2,1-9H3/t17-,18-,19+,20+,21-,23+,24-,26?,27+,28-,29-,30-,32+,33?,34-/m1/s1. The SMILES string of the molecule is CC[C@H]1OC(=O)[C@H](C)[C@@H](O)[C@H](C)[C@@H](O[C@@H]2O[C@H](C)C[C@H](N(C)C(=O)Cc3cccs3)[C@H]2O)C(C)(O)C[C@@H](C)C(N=O)[C@H](C)[C@@H](O)[C@]1(C)O. The molecular weight excluding hydrogens is 644 g/mol. The summed E-state index contributed by atoms with van der Waals surface area (Å²) in [5.41, 5.74) is -3.77. The van der Waals surface area contributed by atoms with E-state index < -0.39 is 95.8 Å². The highest BCUT2D eigenvalue weighted by molar-refractivity contribution is 7.10. The molecular formula is C34H56N2O11S. The molecule has 2 saturated heterocycles. The van der Waals surface area contributed by atoms with Crippen LogP contribution in [0.2, 0.25) is 0 Å². The van der Waals surface area contributed by atoms with Gasteiger partial charge in [0, 0.05) is 23.8 Å². The Morgan fingerprint density at radius 3 is 2.31 bits per heavy atom. The number of amides is 1. The van der Waals surface area contributed by atoms with Gasteiger partial charge in [-0.25, -0.2) is 0 Å². The molecule has 2 aliphatic heterocycles. The molecule has 1 aromatic heterocycles. The number of thiophene rings is 1. The van der Waals surface area contributed by atoms with Gasteiger partial charge in [-0.3, -0.25) is 9.59 Å². The third-order valence-corrected chi connectivity index (χ3v) is 11.4. The van der Waals surface area contributed by atoms with Crippen LogP contribution < -0.4 is 0 Å². The number of likely N-dealkylation sites (N-methyl/N-ethyl adjacent to an activating group) is 1. The highest BCUT2D eigenvalue weighted by Gasteiger charge is 2.52. The van der Waals surface area contributed by atoms with Gasteiger partial charge in [-0.1, -0.05) is 38.9 Å². The molecule has 15 atom stereocenters. The summed E-state index contributed by atoms with van der Waals surface area (Å²) < 4.78 is 18.1. The molecule has 0 aliphatic carbocycles. The highest BCUT2D eigenvalue weighted by Crippen LogP contribution is 2.39. The third kappa shape index (κ3) is 8.81. The fraction of sp³-hybridized carbons (Fsp3) is 0.824. The maximum Gasteiger partial charge on any atom is 0.311 e. The molecule has 274 valence electrons. The minimum atomic E-state index is -1.96. The molecule has 14 heteroatoms. The number of carbonyl (C=O) groups excluding carboxylic acids is 2. The molecule has 2 aliphatic rings. The summed E-state index contributed by atoms with van der Waals surface area (Å²) >= 11 is 1.46. The number of cyclic esters (lactones) is 1. The summed E-state index contributed by atoms with van der Waals surface area (Å²) in [4.78, 5) is 41.1. The van der Waals surface area contributed by atoms with Gasteiger partial charge < -0.3 is 44.6 Å². The zero-order valence-electron chi connectivity index (χ0n) is 29.6. The summed E-state index contributed by atoms with van der Waals surface area (Å²) in [7, 11) is 1.61. The molecule has 5 N–H and O–H groups in total. The molecule has 3 heterocycles. The number of rotatable bonds is 7. The van der Waals surface area contributed by atoms with E-state index in [-0.39, 0.29) is 25.2 Å². The number of nitrogens with zero attached hydrogens (tertiary/aromatic N) is 2. The van der Waals surface area contributed by atoms with Crippen molar-refractivity contribution in [2.45, 2.75) is 147 Å². The largest absolute Gasteiger partial charge is 0.459 e. The number of aliphatic hydroxyl groups is 5. The molecule has 2 unspecified atom stereocenters. The van der Waals surface area contributed by atoms with E-state index in [4.69, 9.17) is 14.2 Å². The lowest BCUT2D eigenvalue weighted by molar-refractivity contribution is -0.299. The van der Waals surface area contributed by atoms with E-state index in [0.29, 0.717) is 6.42 Å². The zero-order chi connectivity index (χ0) is 36.3. The van der Waals surface area contributed by atoms with E-state index in [0.717, 1.165) is 4.88 Å². The van der Waals surface area contributed by atoms with E-state index in [2.05, 4.69) is 5.18 Å². The molecule has 13 nitrogen and oxygen atoms in total. The van der Waals surface area contributed by atoms with Gasteiger partial charge in [0.05, 0.1) is 54.4 Å². The second kappa shape index (κ2) is 16.3. The van der Waals surface area contributed by atoms with Crippen LogP contribution in [0, 0.1) is 28.6 Å². The maximum absolute atomic E-state index is 13.4. The van der Waals surface area contributed by atoms with Crippen molar-refractivity contribution in [2.75, 3.05) is 7.05 Å². The Kier molecular flexibility index (Phi) is 13.7. The van der Waals surface area contributed by atoms with Crippen LogP contribution in [0.1, 0.15) is 79.5 Å². The normalized spacial score (nSPS) is 43.5. The zero-order valence-corrected chi connectivity index (χ0v) is 30.4. The van der Waals surface area contributed by atoms with Gasteiger partial charge in [0.25, 0.3) is 0 Å². The van der Waals surface area contributed by atoms with E-state index >= 15 is 0 Å². The van der Waals surface area contributed by atoms with Gasteiger partial charge in [0.2, 0.25) is 5.91 Å². The van der Waals surface area contributed by atoms with Crippen LogP contribution >= 0.6 is 11.3 Å². The van der Waals surface area contributed by atoms with Crippen LogP contribution in [0.4, 0.5) is 0 Å². The van der Waals surface area contributed by atoms with Gasteiger partial charge >= 0.3 is 5.97 Å². The van der Waals surface area contributed by atoms with Crippen LogP contribution in [-0.4, -0.2) is 116 Å². The number of carbonyl (C=O) groups is 2. The van der Waals surface area contributed by atoms with Gasteiger partial charge in [0.15, 0.2) is 6.29 Å². The fourth-order valence-electron chi connectivity index (χ4n) is 7.53. The van der Waals surface area contributed by atoms with Crippen LogP contribution in [-0.2, 0) is 30.2 Å². The Bertz CT molecular complexity index is 1210. The third-order valence-electron chi connectivity index (χ3n) is 10.6. The Morgan fingerprint density at radius 1 is 1.10 bits per heavy atom. The Hall–Kier alpha value is -2.04. The van der Waals surface area contributed by atoms with E-state index in [9.17, 15) is 40.0 Å². The Balaban J connectivity index is 1.99. The van der Waals surface area contributed by atoms with Crippen LogP contribution in [0.25, 0.3) is 0 Å². The van der Waals surface area contributed by atoms with Gasteiger partial charge in [-0.2, -0.15) is 4.91 Å². The van der Waals surface area contributed by atoms with Crippen molar-refractivity contribution < 1.29 is 49.3 Å². The predicted octanol–water partition coefficient (Wildman–Crippen LogP) is 2.63. The summed E-state index contributed by atoms with van der Waals surface area (Å²) in [6.07, 6.45) is -8.04. The summed E-state index contributed by atoms with van der Waals surface area (Å²) in [5.74, 6) is -4.74. The fourth-order valence-corrected chi connectivity index (χ4v) is 8.23. The van der Waals surface area contributed by atoms with E-state index in [1.807, 2.05) is 17.5 Å². The van der Waals surface area contributed by atoms with Crippen molar-refractivity contribution in [3.63, 3.8) is 0 Å². The smallest absolute Gasteiger partial charge is 0.311 e. The average molecular weight is 701 g/mol. The molecule has 0 spiro atoms. The first-order chi connectivity index (χ1) is 22.3. The average Bonchev–Trinajstić information content (AvgIpc) is 3.54. The first-order valence-corrected chi connectivity index (χ1v) is 17.8. The minimum absolute atomic E-state index is 0.110. The van der Waals surface area contributed by atoms with Crippen molar-refractivity contribution in [2.24, 2.45) is 28.8 Å². The highest BCUT2D eigenvalue weighted by atomic mass is 32.1. The molecule has 3 rings (SSSR count). The molecule has 2 fully saturated rings. The number of esters is 1. The molecule has 0 saturated carbocycles. The monoisotopic (exact) mass is 700 g/mol. The van der Waals surface area contributed by atoms with Crippen molar-refractivity contribution in [3.8, 4) is 0 Å². The van der Waals surface area contributed by atoms with Gasteiger partial charge in [-0.15, -0.1) is 11.3 Å². The Morgan fingerprint density at radius 2 is 1.75 bits per heavy atom. The first kappa shape index (κ1) is 40.4. The minimum Gasteiger partial charge on any atom is -0.459 e. The topological polar surface area (TPSA) is 196 Å². The van der Waals surface area contributed by atoms with Crippen molar-refractivity contribution in [3.05, 3.63) is 27.3 Å². The number of hydrogen-bond donors (Lipinski definition) is 5. The van der Waals surface area contributed by atoms with Crippen LogP contribution in [0.15, 0.2) is 22.7 Å². The van der Waals surface area contributed by atoms with Crippen molar-refractivity contribution in [1.82, 2.24) is 4.90 Å². The lowest BCUT2D eigenvalue weighted by atomic mass is 9.72. The van der Waals surface area contributed by atoms with Crippen LogP contribution in [0.3, 0.4) is 0 Å². The molecule has 1 amide bonds. The molecule has 0 radical (unpaired) electrons. The quantitative estimate of drug-likeness (QED) is 0.207. The van der Waals surface area contributed by atoms with Gasteiger partial charge in [0.1, 0.15) is 17.8 Å². The summed E-state index contributed by atoms with van der Waals surface area (Å²) in [6, 6.07) is 1.95. The summed E-state index contributed by atoms with van der Waals surface area (Å²) in [6.45, 7) is 12.5. The Labute approximate surface area is 287 Å². The molecule has 0 aromatic carbocycles. The lowest BCUT2D eigenvalue weighted by Crippen LogP contribution is -2.61. The van der Waals surface area contributed by atoms with Crippen molar-refractivity contribution in [1.29, 1.82) is 0 Å².